The molecule has 0 atom stereocenters. The highest BCUT2D eigenvalue weighted by atomic mass is 16.4. The smallest absolute Gasteiger partial charge is 0.329 e. The highest BCUT2D eigenvalue weighted by Gasteiger charge is 2.40. The summed E-state index contributed by atoms with van der Waals surface area (Å²) in [6.07, 6.45) is 6.51. The first-order valence-electron chi connectivity index (χ1n) is 7.75. The molecule has 0 spiro atoms. The molecule has 6 heteroatoms. The van der Waals surface area contributed by atoms with E-state index in [2.05, 4.69) is 10.6 Å². The summed E-state index contributed by atoms with van der Waals surface area (Å²) >= 11 is 0. The second-order valence-electron chi connectivity index (χ2n) is 5.79. The summed E-state index contributed by atoms with van der Waals surface area (Å²) < 4.78 is 0. The molecule has 3 N–H and O–H groups in total. The number of unbranched alkanes of at least 4 members (excludes halogenated alkanes) is 2. The lowest BCUT2D eigenvalue weighted by atomic mass is 9.81. The third-order valence-electron chi connectivity index (χ3n) is 3.95. The van der Waals surface area contributed by atoms with E-state index >= 15 is 0 Å². The maximum Gasteiger partial charge on any atom is 0.329 e. The van der Waals surface area contributed by atoms with Crippen LogP contribution in [0.2, 0.25) is 0 Å². The van der Waals surface area contributed by atoms with Crippen molar-refractivity contribution < 1.29 is 19.5 Å². The molecule has 0 radical (unpaired) electrons. The number of nitrogens with one attached hydrogen (secondary N) is 2. The van der Waals surface area contributed by atoms with E-state index in [1.54, 1.807) is 0 Å². The Morgan fingerprint density at radius 1 is 1.05 bits per heavy atom. The van der Waals surface area contributed by atoms with Crippen LogP contribution in [0, 0.1) is 0 Å². The molecule has 1 fully saturated rings. The van der Waals surface area contributed by atoms with Gasteiger partial charge in [0, 0.05) is 19.9 Å². The number of amides is 2. The van der Waals surface area contributed by atoms with Crippen LogP contribution in [0.15, 0.2) is 0 Å². The molecule has 0 unspecified atom stereocenters. The van der Waals surface area contributed by atoms with Crippen LogP contribution in [-0.2, 0) is 14.4 Å². The van der Waals surface area contributed by atoms with Gasteiger partial charge in [0.2, 0.25) is 11.8 Å². The molecule has 0 aromatic heterocycles. The fourth-order valence-electron chi connectivity index (χ4n) is 2.73. The average Bonchev–Trinajstić information content (AvgIpc) is 2.43. The number of carboxylic acid groups (broad SMARTS) is 1. The van der Waals surface area contributed by atoms with Crippen molar-refractivity contribution in [3.63, 3.8) is 0 Å². The van der Waals surface area contributed by atoms with Gasteiger partial charge in [-0.3, -0.25) is 9.59 Å². The third kappa shape index (κ3) is 6.14. The molecule has 0 bridgehead atoms. The molecule has 2 amide bonds. The fraction of sp³-hybridized carbons (Fsp3) is 0.800. The summed E-state index contributed by atoms with van der Waals surface area (Å²) in [4.78, 5) is 34.0. The Morgan fingerprint density at radius 3 is 2.29 bits per heavy atom. The number of hydrogen-bond acceptors (Lipinski definition) is 3. The molecule has 1 aliphatic carbocycles. The number of aliphatic carboxylic acids is 1. The number of carbonyl (C=O) groups excluding carboxylic acids is 2. The summed E-state index contributed by atoms with van der Waals surface area (Å²) in [7, 11) is 0. The number of rotatable bonds is 8. The zero-order valence-electron chi connectivity index (χ0n) is 12.7. The van der Waals surface area contributed by atoms with E-state index in [0.29, 0.717) is 32.2 Å². The number of hydrogen-bond donors (Lipinski definition) is 3. The van der Waals surface area contributed by atoms with E-state index in [4.69, 9.17) is 0 Å². The SMILES string of the molecule is CC(=O)NCCCCCC(=O)NC1(C(=O)O)CCCCC1. The standard InChI is InChI=1S/C15H26N2O4/c1-12(18)16-11-7-2-4-8-13(19)17-15(14(20)21)9-5-3-6-10-15/h2-11H2,1H3,(H,16,18)(H,17,19)(H,20,21). The van der Waals surface area contributed by atoms with Crippen LogP contribution in [-0.4, -0.2) is 35.0 Å². The number of carboxylic acids is 1. The Bertz CT molecular complexity index is 376. The molecule has 120 valence electrons. The Balaban J connectivity index is 2.25. The van der Waals surface area contributed by atoms with E-state index in [1.165, 1.54) is 6.92 Å². The third-order valence-corrected chi connectivity index (χ3v) is 3.95. The summed E-state index contributed by atoms with van der Waals surface area (Å²) in [5.41, 5.74) is -1.05. The molecule has 1 rings (SSSR count). The highest BCUT2D eigenvalue weighted by Crippen LogP contribution is 2.28. The molecule has 1 aliphatic rings. The molecule has 0 heterocycles. The van der Waals surface area contributed by atoms with Crippen molar-refractivity contribution in [2.45, 2.75) is 70.3 Å². The zero-order valence-corrected chi connectivity index (χ0v) is 12.7. The van der Waals surface area contributed by atoms with Crippen molar-refractivity contribution in [1.82, 2.24) is 10.6 Å². The van der Waals surface area contributed by atoms with Gasteiger partial charge in [0.25, 0.3) is 0 Å². The molecule has 0 aromatic carbocycles. The molecule has 21 heavy (non-hydrogen) atoms. The minimum Gasteiger partial charge on any atom is -0.480 e. The topological polar surface area (TPSA) is 95.5 Å². The monoisotopic (exact) mass is 298 g/mol. The highest BCUT2D eigenvalue weighted by molar-refractivity contribution is 5.87. The van der Waals surface area contributed by atoms with Crippen molar-refractivity contribution in [3.8, 4) is 0 Å². The van der Waals surface area contributed by atoms with Gasteiger partial charge in [0.1, 0.15) is 5.54 Å². The Kier molecular flexibility index (Phi) is 7.19. The Morgan fingerprint density at radius 2 is 1.71 bits per heavy atom. The van der Waals surface area contributed by atoms with Gasteiger partial charge in [-0.05, 0) is 25.7 Å². The second-order valence-corrected chi connectivity index (χ2v) is 5.79. The van der Waals surface area contributed by atoms with Gasteiger partial charge in [0.15, 0.2) is 0 Å². The molecule has 1 saturated carbocycles. The van der Waals surface area contributed by atoms with Crippen LogP contribution < -0.4 is 10.6 Å². The maximum absolute atomic E-state index is 11.9. The van der Waals surface area contributed by atoms with Gasteiger partial charge in [0.05, 0.1) is 0 Å². The van der Waals surface area contributed by atoms with Crippen molar-refractivity contribution in [2.24, 2.45) is 0 Å². The largest absolute Gasteiger partial charge is 0.480 e. The van der Waals surface area contributed by atoms with Crippen LogP contribution >= 0.6 is 0 Å². The first-order chi connectivity index (χ1) is 9.96. The zero-order chi connectivity index (χ0) is 15.7. The minimum atomic E-state index is -1.05. The van der Waals surface area contributed by atoms with E-state index < -0.39 is 11.5 Å². The van der Waals surface area contributed by atoms with Crippen LogP contribution in [0.3, 0.4) is 0 Å². The van der Waals surface area contributed by atoms with Gasteiger partial charge in [-0.25, -0.2) is 4.79 Å². The van der Waals surface area contributed by atoms with Gasteiger partial charge in [-0.15, -0.1) is 0 Å². The molecule has 0 saturated heterocycles. The van der Waals surface area contributed by atoms with Crippen molar-refractivity contribution in [2.75, 3.05) is 6.54 Å². The van der Waals surface area contributed by atoms with Gasteiger partial charge in [-0.2, -0.15) is 0 Å². The summed E-state index contributed by atoms with van der Waals surface area (Å²) in [5, 5.41) is 14.8. The average molecular weight is 298 g/mol. The summed E-state index contributed by atoms with van der Waals surface area (Å²) in [6.45, 7) is 2.10. The maximum atomic E-state index is 11.9. The van der Waals surface area contributed by atoms with Crippen LogP contribution in [0.25, 0.3) is 0 Å². The van der Waals surface area contributed by atoms with Crippen LogP contribution in [0.4, 0.5) is 0 Å². The van der Waals surface area contributed by atoms with Crippen LogP contribution in [0.1, 0.15) is 64.7 Å². The van der Waals surface area contributed by atoms with Crippen molar-refractivity contribution >= 4 is 17.8 Å². The lowest BCUT2D eigenvalue weighted by Crippen LogP contribution is -2.55. The summed E-state index contributed by atoms with van der Waals surface area (Å²) in [6, 6.07) is 0. The van der Waals surface area contributed by atoms with E-state index in [-0.39, 0.29) is 11.8 Å². The van der Waals surface area contributed by atoms with Gasteiger partial charge < -0.3 is 15.7 Å². The normalized spacial score (nSPS) is 17.0. The first-order valence-corrected chi connectivity index (χ1v) is 7.75. The van der Waals surface area contributed by atoms with E-state index in [9.17, 15) is 19.5 Å². The van der Waals surface area contributed by atoms with Crippen molar-refractivity contribution in [3.05, 3.63) is 0 Å². The molecule has 0 aromatic rings. The molecular weight excluding hydrogens is 272 g/mol. The molecular formula is C15H26N2O4. The second kappa shape index (κ2) is 8.64. The Hall–Kier alpha value is -1.59. The fourth-order valence-corrected chi connectivity index (χ4v) is 2.73. The predicted molar refractivity (Wildman–Crippen MR) is 78.7 cm³/mol. The van der Waals surface area contributed by atoms with Crippen molar-refractivity contribution in [1.29, 1.82) is 0 Å². The predicted octanol–water partition coefficient (Wildman–Crippen LogP) is 1.59. The minimum absolute atomic E-state index is 0.0477. The quantitative estimate of drug-likeness (QED) is 0.593. The van der Waals surface area contributed by atoms with Crippen LogP contribution in [0.5, 0.6) is 0 Å². The first kappa shape index (κ1) is 17.5. The lowest BCUT2D eigenvalue weighted by Gasteiger charge is -2.34. The lowest BCUT2D eigenvalue weighted by molar-refractivity contribution is -0.149. The van der Waals surface area contributed by atoms with E-state index in [1.807, 2.05) is 0 Å². The summed E-state index contributed by atoms with van der Waals surface area (Å²) in [5.74, 6) is -1.14. The molecule has 0 aliphatic heterocycles. The Labute approximate surface area is 125 Å². The molecule has 6 nitrogen and oxygen atoms in total. The van der Waals surface area contributed by atoms with Gasteiger partial charge in [-0.1, -0.05) is 25.7 Å². The number of carbonyl (C=O) groups is 3. The van der Waals surface area contributed by atoms with Gasteiger partial charge >= 0.3 is 5.97 Å². The van der Waals surface area contributed by atoms with E-state index in [0.717, 1.165) is 32.1 Å².